The molecular formula is C16H23N3O2. The maximum atomic E-state index is 9.29. The summed E-state index contributed by atoms with van der Waals surface area (Å²) in [6.07, 6.45) is 0.959. The van der Waals surface area contributed by atoms with Crippen molar-refractivity contribution in [1.29, 1.82) is 5.26 Å². The van der Waals surface area contributed by atoms with Gasteiger partial charge in [-0.05, 0) is 43.7 Å². The van der Waals surface area contributed by atoms with Gasteiger partial charge in [-0.25, -0.2) is 0 Å². The van der Waals surface area contributed by atoms with Gasteiger partial charge in [0, 0.05) is 19.6 Å². The Bertz CT molecular complexity index is 553. The molecule has 0 saturated heterocycles. The molecule has 1 aliphatic heterocycles. The molecular weight excluding hydrogens is 266 g/mol. The minimum atomic E-state index is -0.520. The largest absolute Gasteiger partial charge is 0.493 e. The molecule has 1 aliphatic rings. The number of ether oxygens (including phenoxy) is 2. The monoisotopic (exact) mass is 289 g/mol. The first kappa shape index (κ1) is 15.6. The lowest BCUT2D eigenvalue weighted by Crippen LogP contribution is -2.49. The van der Waals surface area contributed by atoms with Crippen LogP contribution in [0.15, 0.2) is 12.1 Å². The third kappa shape index (κ3) is 3.29. The van der Waals surface area contributed by atoms with Gasteiger partial charge >= 0.3 is 0 Å². The fraction of sp³-hybridized carbons (Fsp3) is 0.562. The van der Waals surface area contributed by atoms with E-state index in [0.29, 0.717) is 6.54 Å². The zero-order valence-corrected chi connectivity index (χ0v) is 13.2. The van der Waals surface area contributed by atoms with Gasteiger partial charge in [0.15, 0.2) is 11.5 Å². The molecule has 0 amide bonds. The van der Waals surface area contributed by atoms with Crippen molar-refractivity contribution < 1.29 is 9.47 Å². The van der Waals surface area contributed by atoms with Crippen LogP contribution in [0.2, 0.25) is 0 Å². The summed E-state index contributed by atoms with van der Waals surface area (Å²) in [5, 5.41) is 12.4. The van der Waals surface area contributed by atoms with Crippen LogP contribution in [-0.4, -0.2) is 44.8 Å². The van der Waals surface area contributed by atoms with E-state index in [1.165, 1.54) is 11.1 Å². The minimum absolute atomic E-state index is 0.520. The van der Waals surface area contributed by atoms with Crippen LogP contribution < -0.4 is 14.8 Å². The number of nitriles is 1. The average Bonchev–Trinajstić information content (AvgIpc) is 2.53. The molecule has 1 aromatic rings. The van der Waals surface area contributed by atoms with Crippen LogP contribution in [0.1, 0.15) is 18.1 Å². The number of likely N-dealkylation sites (N-methyl/N-ethyl adjacent to an activating group) is 1. The molecule has 1 unspecified atom stereocenters. The zero-order chi connectivity index (χ0) is 15.5. The van der Waals surface area contributed by atoms with Crippen molar-refractivity contribution in [2.75, 3.05) is 34.4 Å². The maximum Gasteiger partial charge on any atom is 0.161 e. The van der Waals surface area contributed by atoms with Crippen LogP contribution in [0.4, 0.5) is 0 Å². The first-order chi connectivity index (χ1) is 10.0. The quantitative estimate of drug-likeness (QED) is 0.891. The molecule has 2 rings (SSSR count). The molecule has 0 bridgehead atoms. The number of rotatable bonds is 5. The summed E-state index contributed by atoms with van der Waals surface area (Å²) in [6.45, 7) is 4.40. The topological polar surface area (TPSA) is 57.5 Å². The highest BCUT2D eigenvalue weighted by atomic mass is 16.5. The molecule has 0 spiro atoms. The highest BCUT2D eigenvalue weighted by Gasteiger charge is 2.27. The molecule has 0 aliphatic carbocycles. The number of nitrogens with one attached hydrogen (secondary N) is 1. The summed E-state index contributed by atoms with van der Waals surface area (Å²) in [6, 6.07) is 6.45. The van der Waals surface area contributed by atoms with Crippen LogP contribution in [0, 0.1) is 11.3 Å². The molecule has 0 aromatic heterocycles. The SMILES string of the molecule is CNC(C)(C#N)CN1CCc2cc(OC)c(OC)cc2C1. The number of hydrogen-bond donors (Lipinski definition) is 1. The summed E-state index contributed by atoms with van der Waals surface area (Å²) in [5.74, 6) is 1.54. The summed E-state index contributed by atoms with van der Waals surface area (Å²) >= 11 is 0. The third-order valence-electron chi connectivity index (χ3n) is 4.14. The lowest BCUT2D eigenvalue weighted by molar-refractivity contribution is 0.208. The van der Waals surface area contributed by atoms with Crippen molar-refractivity contribution in [3.63, 3.8) is 0 Å². The van der Waals surface area contributed by atoms with Gasteiger partial charge in [0.05, 0.1) is 20.3 Å². The predicted molar refractivity (Wildman–Crippen MR) is 81.6 cm³/mol. The van der Waals surface area contributed by atoms with E-state index < -0.39 is 5.54 Å². The van der Waals surface area contributed by atoms with E-state index in [4.69, 9.17) is 9.47 Å². The van der Waals surface area contributed by atoms with E-state index in [1.54, 1.807) is 14.2 Å². The second-order valence-corrected chi connectivity index (χ2v) is 5.63. The van der Waals surface area contributed by atoms with Crippen molar-refractivity contribution in [3.05, 3.63) is 23.3 Å². The Labute approximate surface area is 126 Å². The second kappa shape index (κ2) is 6.33. The maximum absolute atomic E-state index is 9.29. The minimum Gasteiger partial charge on any atom is -0.493 e. The highest BCUT2D eigenvalue weighted by Crippen LogP contribution is 2.33. The Hall–Kier alpha value is -1.77. The number of benzene rings is 1. The van der Waals surface area contributed by atoms with E-state index in [9.17, 15) is 5.26 Å². The molecule has 21 heavy (non-hydrogen) atoms. The van der Waals surface area contributed by atoms with Crippen LogP contribution in [0.3, 0.4) is 0 Å². The number of hydrogen-bond acceptors (Lipinski definition) is 5. The van der Waals surface area contributed by atoms with Crippen LogP contribution in [0.5, 0.6) is 11.5 Å². The zero-order valence-electron chi connectivity index (χ0n) is 13.2. The van der Waals surface area contributed by atoms with Crippen molar-refractivity contribution in [2.45, 2.75) is 25.4 Å². The Morgan fingerprint density at radius 1 is 1.29 bits per heavy atom. The molecule has 1 atom stereocenters. The molecule has 5 heteroatoms. The summed E-state index contributed by atoms with van der Waals surface area (Å²) in [7, 11) is 5.14. The second-order valence-electron chi connectivity index (χ2n) is 5.63. The number of fused-ring (bicyclic) bond motifs is 1. The Balaban J connectivity index is 2.19. The van der Waals surface area contributed by atoms with E-state index >= 15 is 0 Å². The molecule has 0 fully saturated rings. The Morgan fingerprint density at radius 2 is 1.90 bits per heavy atom. The van der Waals surface area contributed by atoms with Gasteiger partial charge in [-0.2, -0.15) is 5.26 Å². The smallest absolute Gasteiger partial charge is 0.161 e. The van der Waals surface area contributed by atoms with Gasteiger partial charge in [0.25, 0.3) is 0 Å². The number of nitrogens with zero attached hydrogens (tertiary/aromatic N) is 2. The van der Waals surface area contributed by atoms with E-state index in [1.807, 2.05) is 20.0 Å². The van der Waals surface area contributed by atoms with E-state index in [-0.39, 0.29) is 0 Å². The van der Waals surface area contributed by atoms with Gasteiger partial charge in [-0.3, -0.25) is 4.90 Å². The lowest BCUT2D eigenvalue weighted by Gasteiger charge is -2.34. The van der Waals surface area contributed by atoms with Gasteiger partial charge in [-0.15, -0.1) is 0 Å². The average molecular weight is 289 g/mol. The molecule has 114 valence electrons. The molecule has 1 N–H and O–H groups in total. The van der Waals surface area contributed by atoms with Gasteiger partial charge < -0.3 is 14.8 Å². The molecule has 1 aromatic carbocycles. The fourth-order valence-electron chi connectivity index (χ4n) is 2.69. The lowest BCUT2D eigenvalue weighted by atomic mass is 9.96. The van der Waals surface area contributed by atoms with Crippen LogP contribution in [0.25, 0.3) is 0 Å². The number of methoxy groups -OCH3 is 2. The Morgan fingerprint density at radius 3 is 2.43 bits per heavy atom. The van der Waals surface area contributed by atoms with Crippen molar-refractivity contribution >= 4 is 0 Å². The van der Waals surface area contributed by atoms with E-state index in [2.05, 4.69) is 22.4 Å². The fourth-order valence-corrected chi connectivity index (χ4v) is 2.69. The first-order valence-corrected chi connectivity index (χ1v) is 7.11. The highest BCUT2D eigenvalue weighted by molar-refractivity contribution is 5.48. The van der Waals surface area contributed by atoms with Crippen LogP contribution >= 0.6 is 0 Å². The molecule has 1 heterocycles. The molecule has 0 saturated carbocycles. The van der Waals surface area contributed by atoms with Crippen molar-refractivity contribution in [3.8, 4) is 17.6 Å². The molecule has 0 radical (unpaired) electrons. The normalized spacial score (nSPS) is 17.5. The standard InChI is InChI=1S/C16H23N3O2/c1-16(10-17,18-2)11-19-6-5-12-7-14(20-3)15(21-4)8-13(12)9-19/h7-8,18H,5-6,9,11H2,1-4H3. The molecule has 5 nitrogen and oxygen atoms in total. The van der Waals surface area contributed by atoms with Gasteiger partial charge in [0.1, 0.15) is 5.54 Å². The summed E-state index contributed by atoms with van der Waals surface area (Å²) in [5.41, 5.74) is 2.02. The van der Waals surface area contributed by atoms with E-state index in [0.717, 1.165) is 31.0 Å². The summed E-state index contributed by atoms with van der Waals surface area (Å²) < 4.78 is 10.7. The first-order valence-electron chi connectivity index (χ1n) is 7.11. The predicted octanol–water partition coefficient (Wildman–Crippen LogP) is 1.56. The van der Waals surface area contributed by atoms with Crippen LogP contribution in [-0.2, 0) is 13.0 Å². The summed E-state index contributed by atoms with van der Waals surface area (Å²) in [4.78, 5) is 2.30. The third-order valence-corrected chi connectivity index (χ3v) is 4.14. The van der Waals surface area contributed by atoms with Crippen molar-refractivity contribution in [1.82, 2.24) is 10.2 Å². The van der Waals surface area contributed by atoms with Crippen molar-refractivity contribution in [2.24, 2.45) is 0 Å². The van der Waals surface area contributed by atoms with Gasteiger partial charge in [-0.1, -0.05) is 0 Å². The van der Waals surface area contributed by atoms with Gasteiger partial charge in [0.2, 0.25) is 0 Å². The Kier molecular flexibility index (Phi) is 4.71.